The van der Waals surface area contributed by atoms with Crippen LogP contribution in [0.1, 0.15) is 119 Å². The Morgan fingerprint density at radius 3 is 1.76 bits per heavy atom. The van der Waals surface area contributed by atoms with Crippen molar-refractivity contribution >= 4 is 6.21 Å². The predicted molar refractivity (Wildman–Crippen MR) is 193 cm³/mol. The molecular weight excluding hydrogens is 515 g/mol. The Hall–Kier alpha value is -2.52. The number of rotatable bonds is 8. The van der Waals surface area contributed by atoms with Crippen molar-refractivity contribution < 1.29 is 4.39 Å². The summed E-state index contributed by atoms with van der Waals surface area (Å²) in [6.45, 7) is 39.6. The van der Waals surface area contributed by atoms with Crippen LogP contribution in [0.2, 0.25) is 0 Å². The Kier molecular flexibility index (Phi) is 25.1. The summed E-state index contributed by atoms with van der Waals surface area (Å²) < 4.78 is 13.2. The number of aliphatic imine (C=N–C) groups is 1. The van der Waals surface area contributed by atoms with Gasteiger partial charge in [0.25, 0.3) is 0 Å². The monoisotopic (exact) mass is 583 g/mol. The van der Waals surface area contributed by atoms with Crippen LogP contribution in [0.3, 0.4) is 0 Å². The molecule has 2 atom stereocenters. The van der Waals surface area contributed by atoms with E-state index < -0.39 is 0 Å². The van der Waals surface area contributed by atoms with E-state index in [0.717, 1.165) is 28.6 Å². The summed E-state index contributed by atoms with van der Waals surface area (Å²) in [4.78, 5) is 4.00. The van der Waals surface area contributed by atoms with Gasteiger partial charge >= 0.3 is 0 Å². The van der Waals surface area contributed by atoms with Crippen LogP contribution in [0.4, 0.5) is 4.39 Å². The summed E-state index contributed by atoms with van der Waals surface area (Å²) in [5, 5.41) is 3.73. The lowest BCUT2D eigenvalue weighted by Crippen LogP contribution is -2.46. The lowest BCUT2D eigenvalue weighted by Gasteiger charge is -2.32. The molecule has 0 spiro atoms. The van der Waals surface area contributed by atoms with E-state index in [-0.39, 0.29) is 11.4 Å². The first-order chi connectivity index (χ1) is 19.5. The highest BCUT2D eigenvalue weighted by molar-refractivity contribution is 5.83. The van der Waals surface area contributed by atoms with E-state index in [9.17, 15) is 4.39 Å². The molecule has 1 N–H and O–H groups in total. The minimum absolute atomic E-state index is 0.207. The van der Waals surface area contributed by atoms with Gasteiger partial charge in [-0.3, -0.25) is 4.99 Å². The summed E-state index contributed by atoms with van der Waals surface area (Å²) in [6, 6.07) is 6.98. The Morgan fingerprint density at radius 2 is 1.48 bits per heavy atom. The van der Waals surface area contributed by atoms with Crippen LogP contribution in [0.15, 0.2) is 83.2 Å². The molecule has 1 aromatic carbocycles. The van der Waals surface area contributed by atoms with Crippen molar-refractivity contribution in [2.75, 3.05) is 7.05 Å². The number of hydrogen-bond acceptors (Lipinski definition) is 2. The number of aryl methyl sites for hydroxylation is 2. The molecular formula is C39H67FN2. The first-order valence-corrected chi connectivity index (χ1v) is 15.7. The molecule has 240 valence electrons. The van der Waals surface area contributed by atoms with Crippen molar-refractivity contribution in [3.8, 4) is 0 Å². The molecule has 0 bridgehead atoms. The van der Waals surface area contributed by atoms with Crippen molar-refractivity contribution in [2.24, 2.45) is 16.8 Å². The average Bonchev–Trinajstić information content (AvgIpc) is 3.75. The van der Waals surface area contributed by atoms with E-state index in [2.05, 4.69) is 96.7 Å². The fourth-order valence-electron chi connectivity index (χ4n) is 4.15. The third-order valence-electron chi connectivity index (χ3n) is 6.53. The zero-order valence-electron chi connectivity index (χ0n) is 30.3. The molecule has 1 aromatic rings. The second kappa shape index (κ2) is 24.0. The smallest absolute Gasteiger partial charge is 0.122 e. The van der Waals surface area contributed by atoms with Crippen LogP contribution >= 0.6 is 0 Å². The lowest BCUT2D eigenvalue weighted by molar-refractivity contribution is 0.266. The minimum atomic E-state index is -0.207. The first-order valence-electron chi connectivity index (χ1n) is 15.7. The molecule has 0 aliphatic heterocycles. The number of nitrogens with zero attached hydrogens (tertiary/aromatic N) is 1. The summed E-state index contributed by atoms with van der Waals surface area (Å²) >= 11 is 0. The quantitative estimate of drug-likeness (QED) is 0.184. The second-order valence-electron chi connectivity index (χ2n) is 12.2. The maximum Gasteiger partial charge on any atom is 0.122 e. The third kappa shape index (κ3) is 21.2. The molecule has 0 amide bonds. The number of halogens is 1. The highest BCUT2D eigenvalue weighted by Crippen LogP contribution is 2.39. The standard InChI is InChI=1S/C12H17F.C12H25N.C10H13N.C3H6.C2H6/c1-8(2)11(9(3)4)7-12(13)10(5)6;1-6-11(13-12(3,4)5)9(2)10-7-8-10;1-8-5-4-6-9(2)10(8)7-11-3;1-3-2;1-2/h7H,1,3H2,2,4-6H3;9-11,13H,6-8H2,1-5H3;4-7H,1-3H3;3H,1H2,2H3;1-2H3. The van der Waals surface area contributed by atoms with E-state index in [4.69, 9.17) is 0 Å². The summed E-state index contributed by atoms with van der Waals surface area (Å²) in [6.07, 6.45) is 9.33. The second-order valence-corrected chi connectivity index (χ2v) is 12.2. The number of benzene rings is 1. The van der Waals surface area contributed by atoms with Crippen LogP contribution in [0, 0.1) is 25.7 Å². The summed E-state index contributed by atoms with van der Waals surface area (Å²) in [5.41, 5.74) is 7.22. The van der Waals surface area contributed by atoms with Crippen molar-refractivity contribution in [1.29, 1.82) is 0 Å². The Morgan fingerprint density at radius 1 is 1.05 bits per heavy atom. The fourth-order valence-corrected chi connectivity index (χ4v) is 4.15. The van der Waals surface area contributed by atoms with Crippen LogP contribution in [-0.4, -0.2) is 24.8 Å². The maximum atomic E-state index is 13.2. The van der Waals surface area contributed by atoms with E-state index in [1.54, 1.807) is 27.0 Å². The molecule has 1 aliphatic carbocycles. The molecule has 1 aliphatic rings. The molecule has 42 heavy (non-hydrogen) atoms. The maximum absolute atomic E-state index is 13.2. The first kappa shape index (κ1) is 43.9. The van der Waals surface area contributed by atoms with Gasteiger partial charge in [0.15, 0.2) is 0 Å². The number of allylic oxidation sites excluding steroid dienone is 7. The molecule has 0 heterocycles. The van der Waals surface area contributed by atoms with Crippen LogP contribution in [0.25, 0.3) is 0 Å². The van der Waals surface area contributed by atoms with Gasteiger partial charge in [-0.2, -0.15) is 0 Å². The average molecular weight is 583 g/mol. The van der Waals surface area contributed by atoms with Crippen LogP contribution < -0.4 is 5.32 Å². The largest absolute Gasteiger partial charge is 0.309 e. The molecule has 2 rings (SSSR count). The fraction of sp³-hybridized carbons (Fsp3) is 0.564. The van der Waals surface area contributed by atoms with E-state index in [1.165, 1.54) is 42.0 Å². The van der Waals surface area contributed by atoms with Gasteiger partial charge in [-0.15, -0.1) is 6.58 Å². The van der Waals surface area contributed by atoms with Gasteiger partial charge in [0.1, 0.15) is 5.83 Å². The molecule has 2 unspecified atom stereocenters. The lowest BCUT2D eigenvalue weighted by atomic mass is 9.92. The van der Waals surface area contributed by atoms with Gasteiger partial charge in [-0.25, -0.2) is 4.39 Å². The van der Waals surface area contributed by atoms with Gasteiger partial charge in [0, 0.05) is 24.8 Å². The SMILES string of the molecule is C=C(C)C(=CC(F)=C(C)C)C(=C)C.C=CC.CC.CCC(NC(C)(C)C)C(C)C1CC1.CN=Cc1c(C)cccc1C. The Bertz CT molecular complexity index is 973. The molecule has 1 saturated carbocycles. The molecule has 1 fully saturated rings. The highest BCUT2D eigenvalue weighted by atomic mass is 19.1. The van der Waals surface area contributed by atoms with Gasteiger partial charge in [-0.05, 0) is 134 Å². The summed E-state index contributed by atoms with van der Waals surface area (Å²) in [7, 11) is 1.80. The van der Waals surface area contributed by atoms with E-state index in [0.29, 0.717) is 11.6 Å². The van der Waals surface area contributed by atoms with E-state index in [1.807, 2.05) is 40.8 Å². The zero-order chi connectivity index (χ0) is 33.6. The normalized spacial score (nSPS) is 13.1. The molecule has 0 aromatic heterocycles. The van der Waals surface area contributed by atoms with Crippen molar-refractivity contribution in [3.05, 3.63) is 94.9 Å². The third-order valence-corrected chi connectivity index (χ3v) is 6.53. The number of nitrogens with one attached hydrogen (secondary N) is 1. The van der Waals surface area contributed by atoms with Crippen molar-refractivity contribution in [1.82, 2.24) is 5.32 Å². The molecule has 0 radical (unpaired) electrons. The number of hydrogen-bond donors (Lipinski definition) is 1. The van der Waals surface area contributed by atoms with Crippen LogP contribution in [-0.2, 0) is 0 Å². The van der Waals surface area contributed by atoms with Gasteiger partial charge in [-0.1, -0.05) is 76.3 Å². The summed E-state index contributed by atoms with van der Waals surface area (Å²) in [5.74, 6) is 1.67. The van der Waals surface area contributed by atoms with Gasteiger partial charge in [0.05, 0.1) is 0 Å². The van der Waals surface area contributed by atoms with Crippen molar-refractivity contribution in [2.45, 2.75) is 128 Å². The minimum Gasteiger partial charge on any atom is -0.309 e. The highest BCUT2D eigenvalue weighted by Gasteiger charge is 2.33. The Labute approximate surface area is 262 Å². The van der Waals surface area contributed by atoms with Gasteiger partial charge in [0.2, 0.25) is 0 Å². The predicted octanol–water partition coefficient (Wildman–Crippen LogP) is 12.1. The molecule has 0 saturated heterocycles. The molecule has 2 nitrogen and oxygen atoms in total. The zero-order valence-corrected chi connectivity index (χ0v) is 30.3. The molecule has 3 heteroatoms. The topological polar surface area (TPSA) is 24.4 Å². The Balaban J connectivity index is -0.000000504. The van der Waals surface area contributed by atoms with Crippen molar-refractivity contribution in [3.63, 3.8) is 0 Å². The van der Waals surface area contributed by atoms with Crippen LogP contribution in [0.5, 0.6) is 0 Å². The van der Waals surface area contributed by atoms with E-state index >= 15 is 0 Å². The van der Waals surface area contributed by atoms with Gasteiger partial charge < -0.3 is 5.32 Å².